The lowest BCUT2D eigenvalue weighted by Crippen LogP contribution is -2.44. The number of carbonyl (C=O) groups excluding carboxylic acids is 1. The Balaban J connectivity index is 2.05. The van der Waals surface area contributed by atoms with Gasteiger partial charge in [-0.2, -0.15) is 0 Å². The third-order valence-electron chi connectivity index (χ3n) is 3.60. The minimum absolute atomic E-state index is 0.0459. The van der Waals surface area contributed by atoms with Gasteiger partial charge in [-0.05, 0) is 24.1 Å². The fourth-order valence-corrected chi connectivity index (χ4v) is 2.19. The van der Waals surface area contributed by atoms with Crippen molar-refractivity contribution in [1.29, 1.82) is 0 Å². The molecule has 0 spiro atoms. The normalized spacial score (nSPS) is 11.7. The van der Waals surface area contributed by atoms with Crippen LogP contribution in [-0.2, 0) is 16.0 Å². The van der Waals surface area contributed by atoms with Crippen molar-refractivity contribution >= 4 is 11.9 Å². The maximum Gasteiger partial charge on any atom is 0.328 e. The van der Waals surface area contributed by atoms with Crippen molar-refractivity contribution < 1.29 is 23.8 Å². The van der Waals surface area contributed by atoms with Crippen LogP contribution in [0.2, 0.25) is 0 Å². The highest BCUT2D eigenvalue weighted by molar-refractivity contribution is 5.94. The van der Waals surface area contributed by atoms with Crippen LogP contribution in [-0.4, -0.2) is 36.2 Å². The van der Waals surface area contributed by atoms with Gasteiger partial charge >= 0.3 is 5.97 Å². The molecular weight excluding hydrogens is 322 g/mol. The van der Waals surface area contributed by atoms with E-state index >= 15 is 0 Å². The van der Waals surface area contributed by atoms with Gasteiger partial charge in [-0.1, -0.05) is 37.3 Å². The van der Waals surface area contributed by atoms with Crippen molar-refractivity contribution in [2.24, 2.45) is 0 Å². The van der Waals surface area contributed by atoms with Gasteiger partial charge in [-0.3, -0.25) is 4.79 Å². The van der Waals surface area contributed by atoms with Gasteiger partial charge < -0.3 is 19.6 Å². The van der Waals surface area contributed by atoms with Crippen LogP contribution in [0.1, 0.15) is 23.0 Å². The number of aliphatic carboxylic acids is 1. The molecule has 1 aromatic carbocycles. The van der Waals surface area contributed by atoms with E-state index in [9.17, 15) is 9.59 Å². The Kier molecular flexibility index (Phi) is 6.54. The van der Waals surface area contributed by atoms with Crippen LogP contribution in [0.5, 0.6) is 0 Å². The Morgan fingerprint density at radius 2 is 2.00 bits per heavy atom. The predicted octanol–water partition coefficient (Wildman–Crippen LogP) is 2.89. The Bertz CT molecular complexity index is 733. The Hall–Kier alpha value is -2.86. The molecule has 0 aliphatic rings. The fourth-order valence-electron chi connectivity index (χ4n) is 2.19. The summed E-state index contributed by atoms with van der Waals surface area (Å²) in [5.41, 5.74) is 2.05. The summed E-state index contributed by atoms with van der Waals surface area (Å²) in [5, 5.41) is 11.5. The van der Waals surface area contributed by atoms with E-state index in [1.54, 1.807) is 6.07 Å². The molecule has 1 amide bonds. The first-order chi connectivity index (χ1) is 12.0. The molecule has 2 aromatic rings. The summed E-state index contributed by atoms with van der Waals surface area (Å²) in [5.74, 6) is -1.20. The zero-order valence-corrected chi connectivity index (χ0v) is 14.0. The molecule has 0 aliphatic carbocycles. The summed E-state index contributed by atoms with van der Waals surface area (Å²) >= 11 is 0. The van der Waals surface area contributed by atoms with Gasteiger partial charge in [0.2, 0.25) is 0 Å². The first-order valence-corrected chi connectivity index (χ1v) is 7.96. The monoisotopic (exact) mass is 343 g/mol. The molecule has 132 valence electrons. The topological polar surface area (TPSA) is 88.8 Å². The number of ether oxygens (including phenoxy) is 1. The Morgan fingerprint density at radius 3 is 2.60 bits per heavy atom. The smallest absolute Gasteiger partial charge is 0.328 e. The summed E-state index contributed by atoms with van der Waals surface area (Å²) < 4.78 is 10.6. The van der Waals surface area contributed by atoms with Gasteiger partial charge in [0.1, 0.15) is 5.76 Å². The molecular formula is C19H21NO5. The van der Waals surface area contributed by atoms with Crippen LogP contribution in [0, 0.1) is 0 Å². The number of benzene rings is 1. The Morgan fingerprint density at radius 1 is 1.28 bits per heavy atom. The molecule has 0 fully saturated rings. The van der Waals surface area contributed by atoms with Gasteiger partial charge in [-0.15, -0.1) is 6.58 Å². The summed E-state index contributed by atoms with van der Waals surface area (Å²) in [4.78, 5) is 23.4. The predicted molar refractivity (Wildman–Crippen MR) is 93.4 cm³/mol. The minimum Gasteiger partial charge on any atom is -0.480 e. The maximum absolute atomic E-state index is 12.2. The van der Waals surface area contributed by atoms with Gasteiger partial charge in [-0.25, -0.2) is 4.79 Å². The van der Waals surface area contributed by atoms with Crippen molar-refractivity contribution in [2.75, 3.05) is 13.2 Å². The average Bonchev–Trinajstić information content (AvgIpc) is 3.11. The summed E-state index contributed by atoms with van der Waals surface area (Å²) in [6.45, 7) is 5.60. The van der Waals surface area contributed by atoms with E-state index in [0.29, 0.717) is 5.76 Å². The van der Waals surface area contributed by atoms with E-state index in [4.69, 9.17) is 14.3 Å². The molecule has 1 aromatic heterocycles. The van der Waals surface area contributed by atoms with Crippen LogP contribution in [0.3, 0.4) is 0 Å². The first kappa shape index (κ1) is 18.5. The summed E-state index contributed by atoms with van der Waals surface area (Å²) in [6, 6.07) is 9.86. The SMILES string of the molecule is C=CCOCC(NC(=O)c1ccc(-c2ccc(CC)cc2)o1)C(=O)O. The van der Waals surface area contributed by atoms with Crippen molar-refractivity contribution in [3.63, 3.8) is 0 Å². The average molecular weight is 343 g/mol. The lowest BCUT2D eigenvalue weighted by molar-refractivity contribution is -0.140. The molecule has 0 saturated carbocycles. The highest BCUT2D eigenvalue weighted by Crippen LogP contribution is 2.22. The molecule has 2 N–H and O–H groups in total. The largest absolute Gasteiger partial charge is 0.480 e. The van der Waals surface area contributed by atoms with Crippen LogP contribution in [0.4, 0.5) is 0 Å². The van der Waals surface area contributed by atoms with Crippen molar-refractivity contribution in [1.82, 2.24) is 5.32 Å². The molecule has 1 heterocycles. The molecule has 2 rings (SSSR count). The summed E-state index contributed by atoms with van der Waals surface area (Å²) in [6.07, 6.45) is 2.44. The standard InChI is InChI=1S/C19H21NO5/c1-3-11-24-12-15(19(22)23)20-18(21)17-10-9-16(25-17)14-7-5-13(4-2)6-8-14/h3,5-10,15H,1,4,11-12H2,2H3,(H,20,21)(H,22,23). The third-order valence-corrected chi connectivity index (χ3v) is 3.60. The van der Waals surface area contributed by atoms with E-state index in [2.05, 4.69) is 18.8 Å². The molecule has 0 aliphatic heterocycles. The van der Waals surface area contributed by atoms with Crippen molar-refractivity contribution in [2.45, 2.75) is 19.4 Å². The fraction of sp³-hybridized carbons (Fsp3) is 0.263. The number of rotatable bonds is 9. The number of carboxylic acid groups (broad SMARTS) is 1. The number of nitrogens with one attached hydrogen (secondary N) is 1. The highest BCUT2D eigenvalue weighted by atomic mass is 16.5. The molecule has 0 saturated heterocycles. The number of carboxylic acids is 1. The van der Waals surface area contributed by atoms with Crippen molar-refractivity contribution in [3.8, 4) is 11.3 Å². The number of amides is 1. The van der Waals surface area contributed by atoms with Gasteiger partial charge in [0.05, 0.1) is 13.2 Å². The zero-order chi connectivity index (χ0) is 18.2. The second-order valence-electron chi connectivity index (χ2n) is 5.40. The maximum atomic E-state index is 12.2. The van der Waals surface area contributed by atoms with Gasteiger partial charge in [0.25, 0.3) is 5.91 Å². The zero-order valence-electron chi connectivity index (χ0n) is 14.0. The minimum atomic E-state index is -1.18. The van der Waals surface area contributed by atoms with Gasteiger partial charge in [0, 0.05) is 5.56 Å². The Labute approximate surface area is 146 Å². The second kappa shape index (κ2) is 8.84. The highest BCUT2D eigenvalue weighted by Gasteiger charge is 2.22. The van der Waals surface area contributed by atoms with E-state index in [1.807, 2.05) is 24.3 Å². The molecule has 1 atom stereocenters. The number of carbonyl (C=O) groups is 2. The van der Waals surface area contributed by atoms with Crippen LogP contribution < -0.4 is 5.32 Å². The van der Waals surface area contributed by atoms with E-state index in [0.717, 1.165) is 12.0 Å². The lowest BCUT2D eigenvalue weighted by atomic mass is 10.1. The number of hydrogen-bond donors (Lipinski definition) is 2. The summed E-state index contributed by atoms with van der Waals surface area (Å²) in [7, 11) is 0. The first-order valence-electron chi connectivity index (χ1n) is 7.96. The van der Waals surface area contributed by atoms with Crippen LogP contribution in [0.15, 0.2) is 53.5 Å². The molecule has 0 bridgehead atoms. The van der Waals surface area contributed by atoms with Crippen LogP contribution >= 0.6 is 0 Å². The molecule has 6 nitrogen and oxygen atoms in total. The molecule has 0 radical (unpaired) electrons. The van der Waals surface area contributed by atoms with E-state index in [-0.39, 0.29) is 19.0 Å². The van der Waals surface area contributed by atoms with E-state index < -0.39 is 17.9 Å². The second-order valence-corrected chi connectivity index (χ2v) is 5.40. The quantitative estimate of drug-likeness (QED) is 0.540. The third kappa shape index (κ3) is 5.06. The number of hydrogen-bond acceptors (Lipinski definition) is 4. The van der Waals surface area contributed by atoms with Crippen LogP contribution in [0.25, 0.3) is 11.3 Å². The molecule has 6 heteroatoms. The van der Waals surface area contributed by atoms with E-state index in [1.165, 1.54) is 17.7 Å². The molecule has 1 unspecified atom stereocenters. The lowest BCUT2D eigenvalue weighted by Gasteiger charge is -2.13. The number of furan rings is 1. The molecule has 25 heavy (non-hydrogen) atoms. The number of aryl methyl sites for hydroxylation is 1. The van der Waals surface area contributed by atoms with Gasteiger partial charge in [0.15, 0.2) is 11.8 Å². The van der Waals surface area contributed by atoms with Crippen molar-refractivity contribution in [3.05, 3.63) is 60.4 Å².